The Morgan fingerprint density at radius 1 is 1.05 bits per heavy atom. The molecule has 1 aliphatic heterocycles. The lowest BCUT2D eigenvalue weighted by Gasteiger charge is -2.20. The van der Waals surface area contributed by atoms with Crippen molar-refractivity contribution in [1.82, 2.24) is 5.01 Å². The monoisotopic (exact) mass is 548 g/mol. The number of nitrogens with zero attached hydrogens (tertiary/aromatic N) is 5. The minimum atomic E-state index is -1.38. The molecule has 3 aromatic rings. The first-order valence-corrected chi connectivity index (χ1v) is 11.9. The number of azo groups is 1. The predicted octanol–water partition coefficient (Wildman–Crippen LogP) is 2.94. The minimum absolute atomic E-state index is 0.00484. The summed E-state index contributed by atoms with van der Waals surface area (Å²) in [6, 6.07) is 18.8. The second-order valence-corrected chi connectivity index (χ2v) is 8.67. The Labute approximate surface area is 226 Å². The molecule has 13 heteroatoms. The number of rotatable bonds is 7. The molecule has 0 bridgehead atoms. The zero-order valence-corrected chi connectivity index (χ0v) is 21.1. The molecule has 0 saturated heterocycles. The molecule has 12 nitrogen and oxygen atoms in total. The minimum Gasteiger partial charge on any atom is -0.595 e. The molecule has 0 aliphatic carbocycles. The quantitative estimate of drug-likeness (QED) is 0.262. The van der Waals surface area contributed by atoms with Crippen molar-refractivity contribution in [3.63, 3.8) is 0 Å². The van der Waals surface area contributed by atoms with Crippen LogP contribution in [0.3, 0.4) is 0 Å². The number of amides is 4. The SMILES string of the molecule is CC(=O)N(C(=O)CC(=O)N1N=C(c2ccccc2)C(N=Nc2ccccc2[NH+]([O-])O)C1=O)c1ccc(Cl)cc1. The van der Waals surface area contributed by atoms with E-state index in [0.29, 0.717) is 15.6 Å². The fourth-order valence-electron chi connectivity index (χ4n) is 3.79. The molecule has 3 aromatic carbocycles. The number of imide groups is 2. The highest BCUT2D eigenvalue weighted by Crippen LogP contribution is 2.25. The van der Waals surface area contributed by atoms with Crippen LogP contribution in [-0.4, -0.2) is 45.6 Å². The molecule has 2 unspecified atom stereocenters. The van der Waals surface area contributed by atoms with Gasteiger partial charge in [-0.15, -0.1) is 5.11 Å². The van der Waals surface area contributed by atoms with Gasteiger partial charge in [-0.2, -0.15) is 20.5 Å². The van der Waals surface area contributed by atoms with Gasteiger partial charge in [0.15, 0.2) is 11.7 Å². The maximum absolute atomic E-state index is 13.3. The standard InChI is InChI=1S/C26H21ClN6O6/c1-16(34)31(19-13-11-18(27)12-14-19)22(35)15-23(36)32-26(37)25(24(30-32)17-7-3-2-4-8-17)29-28-20-9-5-6-10-21(20)33(38)39/h2-14,25,33,38H,15H2,1H3. The summed E-state index contributed by atoms with van der Waals surface area (Å²) in [6.07, 6.45) is -0.842. The molecule has 0 radical (unpaired) electrons. The van der Waals surface area contributed by atoms with Gasteiger partial charge >= 0.3 is 0 Å². The Hall–Kier alpha value is -4.62. The van der Waals surface area contributed by atoms with Crippen LogP contribution in [0.25, 0.3) is 0 Å². The molecule has 0 aromatic heterocycles. The molecule has 0 fully saturated rings. The maximum Gasteiger partial charge on any atom is 0.282 e. The van der Waals surface area contributed by atoms with E-state index in [1.165, 1.54) is 42.5 Å². The molecule has 2 atom stereocenters. The van der Waals surface area contributed by atoms with Crippen molar-refractivity contribution in [3.8, 4) is 0 Å². The van der Waals surface area contributed by atoms with Gasteiger partial charge in [0.05, 0.1) is 5.69 Å². The van der Waals surface area contributed by atoms with E-state index in [1.807, 2.05) is 0 Å². The second kappa shape index (κ2) is 11.8. The van der Waals surface area contributed by atoms with E-state index in [0.717, 1.165) is 11.8 Å². The van der Waals surface area contributed by atoms with Gasteiger partial charge in [-0.1, -0.05) is 54.1 Å². The molecule has 198 valence electrons. The van der Waals surface area contributed by atoms with Crippen LogP contribution in [-0.2, 0) is 19.2 Å². The largest absolute Gasteiger partial charge is 0.595 e. The van der Waals surface area contributed by atoms with Crippen molar-refractivity contribution in [2.24, 2.45) is 15.3 Å². The van der Waals surface area contributed by atoms with E-state index in [9.17, 15) is 29.6 Å². The van der Waals surface area contributed by atoms with Crippen LogP contribution in [0.5, 0.6) is 0 Å². The van der Waals surface area contributed by atoms with Gasteiger partial charge in [0, 0.05) is 23.6 Å². The van der Waals surface area contributed by atoms with Crippen LogP contribution in [0.15, 0.2) is 94.2 Å². The molecule has 2 N–H and O–H groups in total. The second-order valence-electron chi connectivity index (χ2n) is 8.24. The number of anilines is 1. The lowest BCUT2D eigenvalue weighted by molar-refractivity contribution is -0.990. The summed E-state index contributed by atoms with van der Waals surface area (Å²) in [4.78, 5) is 52.3. The smallest absolute Gasteiger partial charge is 0.282 e. The first-order chi connectivity index (χ1) is 18.7. The fraction of sp³-hybridized carbons (Fsp3) is 0.115. The first-order valence-electron chi connectivity index (χ1n) is 11.5. The van der Waals surface area contributed by atoms with E-state index >= 15 is 0 Å². The number of carbonyl (C=O) groups excluding carboxylic acids is 4. The van der Waals surface area contributed by atoms with Crippen molar-refractivity contribution in [1.29, 1.82) is 0 Å². The van der Waals surface area contributed by atoms with Gasteiger partial charge in [-0.3, -0.25) is 24.1 Å². The Morgan fingerprint density at radius 3 is 2.33 bits per heavy atom. The van der Waals surface area contributed by atoms with Crippen molar-refractivity contribution < 1.29 is 29.6 Å². The zero-order chi connectivity index (χ0) is 28.1. The molecule has 39 heavy (non-hydrogen) atoms. The van der Waals surface area contributed by atoms with E-state index < -0.39 is 41.3 Å². The van der Waals surface area contributed by atoms with Gasteiger partial charge in [0.2, 0.25) is 11.8 Å². The lowest BCUT2D eigenvalue weighted by atomic mass is 10.0. The Bertz CT molecular complexity index is 1480. The van der Waals surface area contributed by atoms with Crippen LogP contribution in [0.4, 0.5) is 17.1 Å². The van der Waals surface area contributed by atoms with E-state index in [2.05, 4.69) is 15.3 Å². The average molecular weight is 549 g/mol. The summed E-state index contributed by atoms with van der Waals surface area (Å²) in [6.45, 7) is 1.16. The number of benzene rings is 3. The van der Waals surface area contributed by atoms with Crippen LogP contribution >= 0.6 is 11.6 Å². The number of para-hydroxylation sites is 1. The molecule has 4 rings (SSSR count). The van der Waals surface area contributed by atoms with Crippen LogP contribution in [0.2, 0.25) is 5.02 Å². The first kappa shape index (κ1) is 27.4. The third-order valence-corrected chi connectivity index (χ3v) is 5.83. The van der Waals surface area contributed by atoms with Crippen LogP contribution in [0, 0.1) is 5.21 Å². The van der Waals surface area contributed by atoms with E-state index in [4.69, 9.17) is 11.6 Å². The fourth-order valence-corrected chi connectivity index (χ4v) is 3.91. The maximum atomic E-state index is 13.3. The van der Waals surface area contributed by atoms with Crippen molar-refractivity contribution in [3.05, 3.63) is 94.7 Å². The summed E-state index contributed by atoms with van der Waals surface area (Å²) in [5.41, 5.74) is 0.628. The van der Waals surface area contributed by atoms with E-state index in [1.54, 1.807) is 36.4 Å². The zero-order valence-electron chi connectivity index (χ0n) is 20.4. The van der Waals surface area contributed by atoms with Gasteiger partial charge < -0.3 is 5.21 Å². The highest BCUT2D eigenvalue weighted by Gasteiger charge is 2.41. The van der Waals surface area contributed by atoms with Gasteiger partial charge in [0.25, 0.3) is 11.8 Å². The van der Waals surface area contributed by atoms with Gasteiger partial charge in [0.1, 0.15) is 17.8 Å². The summed E-state index contributed by atoms with van der Waals surface area (Å²) >= 11 is 5.88. The lowest BCUT2D eigenvalue weighted by Crippen LogP contribution is -2.99. The number of carbonyl (C=O) groups is 4. The summed E-state index contributed by atoms with van der Waals surface area (Å²) in [5, 5.41) is 32.7. The normalized spacial score (nSPS) is 15.8. The number of hydrogen-bond donors (Lipinski definition) is 2. The molecular weight excluding hydrogens is 528 g/mol. The molecular formula is C26H21ClN6O6. The third-order valence-electron chi connectivity index (χ3n) is 5.58. The Kier molecular flexibility index (Phi) is 8.32. The molecule has 4 amide bonds. The molecule has 0 spiro atoms. The summed E-state index contributed by atoms with van der Waals surface area (Å²) in [5.74, 6) is -3.38. The topological polar surface area (TPSA) is 160 Å². The molecule has 1 aliphatic rings. The third kappa shape index (κ3) is 6.10. The Balaban J connectivity index is 1.62. The van der Waals surface area contributed by atoms with Crippen LogP contribution < -0.4 is 10.1 Å². The molecule has 1 heterocycles. The highest BCUT2D eigenvalue weighted by atomic mass is 35.5. The summed E-state index contributed by atoms with van der Waals surface area (Å²) in [7, 11) is 0. The van der Waals surface area contributed by atoms with Crippen molar-refractivity contribution >= 4 is 58.0 Å². The van der Waals surface area contributed by atoms with E-state index in [-0.39, 0.29) is 22.8 Å². The van der Waals surface area contributed by atoms with Crippen molar-refractivity contribution in [2.45, 2.75) is 19.4 Å². The van der Waals surface area contributed by atoms with Crippen LogP contribution in [0.1, 0.15) is 18.9 Å². The number of hydrogen-bond acceptors (Lipinski definition) is 9. The Morgan fingerprint density at radius 2 is 1.69 bits per heavy atom. The average Bonchev–Trinajstić information content (AvgIpc) is 3.25. The highest BCUT2D eigenvalue weighted by molar-refractivity contribution is 6.30. The number of quaternary nitrogens is 1. The number of halogens is 1. The summed E-state index contributed by atoms with van der Waals surface area (Å²) < 4.78 is 0. The van der Waals surface area contributed by atoms with Gasteiger partial charge in [-0.05, 0) is 30.3 Å². The number of nitrogens with one attached hydrogen (secondary N) is 1. The predicted molar refractivity (Wildman–Crippen MR) is 140 cm³/mol. The van der Waals surface area contributed by atoms with Gasteiger partial charge in [-0.25, -0.2) is 5.21 Å². The number of hydrazone groups is 1. The van der Waals surface area contributed by atoms with Crippen molar-refractivity contribution in [2.75, 3.05) is 4.90 Å². The molecule has 0 saturated carbocycles.